The van der Waals surface area contributed by atoms with Crippen molar-refractivity contribution in [2.75, 3.05) is 6.54 Å². The molecule has 0 amide bonds. The highest BCUT2D eigenvalue weighted by Crippen LogP contribution is 2.54. The van der Waals surface area contributed by atoms with Gasteiger partial charge in [0.15, 0.2) is 17.9 Å². The van der Waals surface area contributed by atoms with E-state index in [4.69, 9.17) is 0 Å². The van der Waals surface area contributed by atoms with Crippen LogP contribution >= 0.6 is 0 Å². The molecular weight excluding hydrogens is 564 g/mol. The molecule has 0 spiro atoms. The molecule has 44 heavy (non-hydrogen) atoms. The van der Waals surface area contributed by atoms with Crippen molar-refractivity contribution < 1.29 is 26.7 Å². The third-order valence-electron chi connectivity index (χ3n) is 10.6. The molecule has 228 valence electrons. The van der Waals surface area contributed by atoms with Crippen molar-refractivity contribution in [2.45, 2.75) is 76.0 Å². The van der Waals surface area contributed by atoms with Crippen LogP contribution in [0.15, 0.2) is 73.1 Å². The summed E-state index contributed by atoms with van der Waals surface area (Å²) in [4.78, 5) is 0. The summed E-state index contributed by atoms with van der Waals surface area (Å²) in [5, 5.41) is 3.93. The predicted molar refractivity (Wildman–Crippen MR) is 163 cm³/mol. The number of aromatic nitrogens is 2. The summed E-state index contributed by atoms with van der Waals surface area (Å²) < 4.78 is 62.9. The van der Waals surface area contributed by atoms with Gasteiger partial charge in [-0.15, -0.1) is 0 Å². The second-order valence-corrected chi connectivity index (χ2v) is 13.2. The Hall–Kier alpha value is -3.78. The minimum Gasteiger partial charge on any atom is -0.301 e. The van der Waals surface area contributed by atoms with Crippen LogP contribution in [-0.4, -0.2) is 23.8 Å². The Kier molecular flexibility index (Phi) is 6.49. The van der Waals surface area contributed by atoms with E-state index in [1.165, 1.54) is 6.08 Å². The number of alkyl halides is 3. The summed E-state index contributed by atoms with van der Waals surface area (Å²) >= 11 is 0. The SMILES string of the molecule is CCC1(CC)CC(CN2NC(C(F)(F)F)C=C2c2cccc[n+]2C)c2ccc(F)c3c2-c2c4c(cccc4cc[n+]21)C3(C)C. The van der Waals surface area contributed by atoms with Crippen molar-refractivity contribution in [3.63, 3.8) is 0 Å². The number of hydrogen-bond donors (Lipinski definition) is 1. The molecule has 0 fully saturated rings. The second-order valence-electron chi connectivity index (χ2n) is 13.2. The Balaban J connectivity index is 1.47. The third-order valence-corrected chi connectivity index (χ3v) is 10.6. The first-order valence-electron chi connectivity index (χ1n) is 15.5. The number of halogens is 4. The molecule has 3 aliphatic rings. The zero-order valence-corrected chi connectivity index (χ0v) is 25.8. The lowest BCUT2D eigenvalue weighted by Crippen LogP contribution is -2.57. The molecule has 2 unspecified atom stereocenters. The van der Waals surface area contributed by atoms with Gasteiger partial charge in [-0.05, 0) is 34.7 Å². The molecule has 2 aliphatic heterocycles. The van der Waals surface area contributed by atoms with Crippen LogP contribution in [-0.2, 0) is 18.0 Å². The molecule has 4 aromatic rings. The maximum absolute atomic E-state index is 16.1. The highest BCUT2D eigenvalue weighted by Gasteiger charge is 2.52. The summed E-state index contributed by atoms with van der Waals surface area (Å²) in [6.45, 7) is 8.83. The van der Waals surface area contributed by atoms with Crippen molar-refractivity contribution in [1.29, 1.82) is 0 Å². The second kappa shape index (κ2) is 9.86. The van der Waals surface area contributed by atoms with E-state index in [0.717, 1.165) is 46.0 Å². The van der Waals surface area contributed by atoms with Gasteiger partial charge >= 0.3 is 6.18 Å². The molecule has 1 N–H and O–H groups in total. The lowest BCUT2D eigenvalue weighted by molar-refractivity contribution is -0.756. The highest BCUT2D eigenvalue weighted by atomic mass is 19.4. The number of hydrazine groups is 1. The van der Waals surface area contributed by atoms with E-state index >= 15 is 4.39 Å². The molecule has 2 aromatic heterocycles. The predicted octanol–water partition coefficient (Wildman–Crippen LogP) is 7.19. The summed E-state index contributed by atoms with van der Waals surface area (Å²) in [5.41, 5.74) is 7.73. The minimum atomic E-state index is -4.45. The summed E-state index contributed by atoms with van der Waals surface area (Å²) in [6, 6.07) is 15.6. The quantitative estimate of drug-likeness (QED) is 0.193. The summed E-state index contributed by atoms with van der Waals surface area (Å²) in [7, 11) is 1.84. The molecule has 0 radical (unpaired) electrons. The Morgan fingerprint density at radius 1 is 0.977 bits per heavy atom. The van der Waals surface area contributed by atoms with Gasteiger partial charge in [-0.2, -0.15) is 22.3 Å². The standard InChI is InChI=1S/C36H38F4N4/c1-6-35(7-2)20-23(21-44-28(19-29(41-44)36(38,39)40)27-13-8-9-17-42(27)5)24-14-15-26(37)32-31(24)33-30-22(16-18-43(33)35)11-10-12-25(30)34(32,3)4/h8-19,23,29,41H,6-7,20-21H2,1-5H3/q+2. The van der Waals surface area contributed by atoms with Gasteiger partial charge < -0.3 is 5.01 Å². The zero-order chi connectivity index (χ0) is 31.2. The molecule has 0 saturated carbocycles. The number of hydrogen-bond acceptors (Lipinski definition) is 2. The van der Waals surface area contributed by atoms with Crippen molar-refractivity contribution in [1.82, 2.24) is 10.4 Å². The number of nitrogens with one attached hydrogen (secondary N) is 1. The van der Waals surface area contributed by atoms with Crippen LogP contribution in [0.1, 0.15) is 75.3 Å². The van der Waals surface area contributed by atoms with Crippen LogP contribution in [0.5, 0.6) is 0 Å². The summed E-state index contributed by atoms with van der Waals surface area (Å²) in [5.74, 6) is -0.434. The Labute approximate surface area is 255 Å². The first-order chi connectivity index (χ1) is 20.9. The largest absolute Gasteiger partial charge is 0.409 e. The Bertz CT molecular complexity index is 1840. The van der Waals surface area contributed by atoms with Crippen molar-refractivity contribution in [2.24, 2.45) is 7.05 Å². The van der Waals surface area contributed by atoms with E-state index < -0.39 is 17.6 Å². The van der Waals surface area contributed by atoms with Crippen molar-refractivity contribution in [3.05, 3.63) is 101 Å². The number of pyridine rings is 2. The maximum atomic E-state index is 16.1. The van der Waals surface area contributed by atoms with Crippen LogP contribution in [0, 0.1) is 5.82 Å². The van der Waals surface area contributed by atoms with E-state index in [9.17, 15) is 13.2 Å². The average Bonchev–Trinajstić information content (AvgIpc) is 3.37. The minimum absolute atomic E-state index is 0.183. The van der Waals surface area contributed by atoms with Gasteiger partial charge in [-0.3, -0.25) is 0 Å². The number of benzene rings is 2. The van der Waals surface area contributed by atoms with Crippen molar-refractivity contribution in [3.8, 4) is 11.3 Å². The van der Waals surface area contributed by atoms with E-state index in [0.29, 0.717) is 29.9 Å². The molecule has 4 nitrogen and oxygen atoms in total. The smallest absolute Gasteiger partial charge is 0.301 e. The van der Waals surface area contributed by atoms with Crippen LogP contribution in [0.2, 0.25) is 0 Å². The van der Waals surface area contributed by atoms with Crippen molar-refractivity contribution >= 4 is 16.5 Å². The van der Waals surface area contributed by atoms with Gasteiger partial charge in [0.1, 0.15) is 24.6 Å². The molecule has 1 aliphatic carbocycles. The fraction of sp³-hybridized carbons (Fsp3) is 0.389. The molecule has 0 bridgehead atoms. The maximum Gasteiger partial charge on any atom is 0.409 e. The number of nitrogens with zero attached hydrogens (tertiary/aromatic N) is 3. The number of aryl methyl sites for hydroxylation is 1. The van der Waals surface area contributed by atoms with E-state index in [1.54, 1.807) is 11.1 Å². The normalized spacial score (nSPS) is 21.4. The van der Waals surface area contributed by atoms with Gasteiger partial charge in [0, 0.05) is 60.9 Å². The van der Waals surface area contributed by atoms with Gasteiger partial charge in [0.25, 0.3) is 0 Å². The lowest BCUT2D eigenvalue weighted by atomic mass is 9.67. The first-order valence-corrected chi connectivity index (χ1v) is 15.5. The highest BCUT2D eigenvalue weighted by molar-refractivity contribution is 6.01. The topological polar surface area (TPSA) is 23.0 Å². The van der Waals surface area contributed by atoms with E-state index in [2.05, 4.69) is 62.1 Å². The molecule has 2 atom stereocenters. The van der Waals surface area contributed by atoms with E-state index in [-0.39, 0.29) is 17.3 Å². The first kappa shape index (κ1) is 29.0. The fourth-order valence-electron chi connectivity index (χ4n) is 8.20. The van der Waals surface area contributed by atoms with Crippen LogP contribution in [0.3, 0.4) is 0 Å². The molecule has 7 rings (SSSR count). The third kappa shape index (κ3) is 4.06. The van der Waals surface area contributed by atoms with Crippen LogP contribution in [0.25, 0.3) is 27.7 Å². The van der Waals surface area contributed by atoms with Gasteiger partial charge in [-0.1, -0.05) is 52.0 Å². The molecular formula is C36H38F4N4+2. The van der Waals surface area contributed by atoms with Gasteiger partial charge in [0.05, 0.1) is 10.9 Å². The van der Waals surface area contributed by atoms with Crippen LogP contribution < -0.4 is 14.6 Å². The average molecular weight is 603 g/mol. The van der Waals surface area contributed by atoms with E-state index in [1.807, 2.05) is 48.1 Å². The Morgan fingerprint density at radius 3 is 2.45 bits per heavy atom. The lowest BCUT2D eigenvalue weighted by Gasteiger charge is -2.35. The fourth-order valence-corrected chi connectivity index (χ4v) is 8.20. The van der Waals surface area contributed by atoms with Gasteiger partial charge in [-0.25, -0.2) is 9.82 Å². The molecule has 2 aromatic carbocycles. The van der Waals surface area contributed by atoms with Crippen LogP contribution in [0.4, 0.5) is 17.6 Å². The summed E-state index contributed by atoms with van der Waals surface area (Å²) in [6.07, 6.45) is 3.18. The number of rotatable bonds is 5. The monoisotopic (exact) mass is 602 g/mol. The Morgan fingerprint density at radius 2 is 1.75 bits per heavy atom. The molecule has 4 heterocycles. The molecule has 0 saturated heterocycles. The molecule has 8 heteroatoms. The zero-order valence-electron chi connectivity index (χ0n) is 25.8. The van der Waals surface area contributed by atoms with Gasteiger partial charge in [0.2, 0.25) is 11.4 Å².